The number of carbonyl (C=O) groups is 1. The lowest BCUT2D eigenvalue weighted by Crippen LogP contribution is -2.29. The molecule has 0 atom stereocenters. The molecule has 0 aromatic heterocycles. The van der Waals surface area contributed by atoms with E-state index >= 15 is 0 Å². The van der Waals surface area contributed by atoms with Gasteiger partial charge in [0.15, 0.2) is 0 Å². The molecule has 0 saturated heterocycles. The highest BCUT2D eigenvalue weighted by atomic mass is 19.3. The number of nitrogens with one attached hydrogen (secondary N) is 2. The van der Waals surface area contributed by atoms with Gasteiger partial charge in [-0.2, -0.15) is 14.0 Å². The van der Waals surface area contributed by atoms with E-state index < -0.39 is 6.61 Å². The average Bonchev–Trinajstić information content (AvgIpc) is 2.35. The molecule has 0 aliphatic rings. The van der Waals surface area contributed by atoms with Crippen LogP contribution in [-0.2, 0) is 4.79 Å². The molecule has 0 fully saturated rings. The first-order valence-electron chi connectivity index (χ1n) is 5.04. The van der Waals surface area contributed by atoms with Crippen molar-refractivity contribution in [1.82, 2.24) is 5.32 Å². The van der Waals surface area contributed by atoms with Crippen LogP contribution in [0.15, 0.2) is 24.3 Å². The van der Waals surface area contributed by atoms with Gasteiger partial charge in [-0.1, -0.05) is 0 Å². The number of halogens is 2. The summed E-state index contributed by atoms with van der Waals surface area (Å²) in [6.07, 6.45) is 0. The van der Waals surface area contributed by atoms with E-state index in [1.807, 2.05) is 0 Å². The molecule has 7 heteroatoms. The van der Waals surface area contributed by atoms with E-state index in [0.29, 0.717) is 5.69 Å². The Morgan fingerprint density at radius 3 is 2.61 bits per heavy atom. The highest BCUT2D eigenvalue weighted by molar-refractivity contribution is 5.80. The number of ether oxygens (including phenoxy) is 1. The molecule has 1 aromatic rings. The number of hydrogen-bond acceptors (Lipinski definition) is 4. The number of alkyl halides is 2. The van der Waals surface area contributed by atoms with E-state index in [0.717, 1.165) is 0 Å². The lowest BCUT2D eigenvalue weighted by Gasteiger charge is -2.07. The van der Waals surface area contributed by atoms with Gasteiger partial charge in [0.1, 0.15) is 12.3 Å². The molecule has 0 unspecified atom stereocenters. The predicted octanol–water partition coefficient (Wildman–Crippen LogP) is 1.34. The maximum Gasteiger partial charge on any atom is 0.387 e. The van der Waals surface area contributed by atoms with Crippen molar-refractivity contribution in [1.29, 1.82) is 5.26 Å². The predicted molar refractivity (Wildman–Crippen MR) is 60.2 cm³/mol. The molecule has 0 radical (unpaired) electrons. The molecule has 0 aliphatic carbocycles. The van der Waals surface area contributed by atoms with Crippen LogP contribution in [0.3, 0.4) is 0 Å². The second-order valence-electron chi connectivity index (χ2n) is 3.19. The van der Waals surface area contributed by atoms with Gasteiger partial charge in [0, 0.05) is 5.69 Å². The van der Waals surface area contributed by atoms with Crippen LogP contribution in [0.25, 0.3) is 0 Å². The average molecular weight is 255 g/mol. The monoisotopic (exact) mass is 255 g/mol. The molecule has 1 aromatic carbocycles. The highest BCUT2D eigenvalue weighted by Gasteiger charge is 2.04. The Morgan fingerprint density at radius 1 is 1.39 bits per heavy atom. The van der Waals surface area contributed by atoms with Crippen LogP contribution in [-0.4, -0.2) is 25.6 Å². The Labute approximate surface area is 102 Å². The Hall–Kier alpha value is -2.36. The van der Waals surface area contributed by atoms with Crippen molar-refractivity contribution in [3.63, 3.8) is 0 Å². The fourth-order valence-corrected chi connectivity index (χ4v) is 1.14. The van der Waals surface area contributed by atoms with Crippen molar-refractivity contribution < 1.29 is 18.3 Å². The molecule has 0 saturated carbocycles. The van der Waals surface area contributed by atoms with Crippen LogP contribution < -0.4 is 15.4 Å². The summed E-state index contributed by atoms with van der Waals surface area (Å²) in [4.78, 5) is 11.1. The van der Waals surface area contributed by atoms with Crippen molar-refractivity contribution >= 4 is 11.6 Å². The van der Waals surface area contributed by atoms with E-state index in [-0.39, 0.29) is 24.7 Å². The molecule has 0 spiro atoms. The molecule has 96 valence electrons. The van der Waals surface area contributed by atoms with Gasteiger partial charge in [0.2, 0.25) is 5.91 Å². The Bertz CT molecular complexity index is 429. The second-order valence-corrected chi connectivity index (χ2v) is 3.19. The number of hydrogen-bond donors (Lipinski definition) is 2. The number of amides is 1. The minimum absolute atomic E-state index is 0.00324. The normalized spacial score (nSPS) is 9.67. The van der Waals surface area contributed by atoms with Gasteiger partial charge in [0.05, 0.1) is 12.6 Å². The number of anilines is 1. The molecule has 5 nitrogen and oxygen atoms in total. The van der Waals surface area contributed by atoms with Crippen molar-refractivity contribution in [2.45, 2.75) is 6.61 Å². The fourth-order valence-electron chi connectivity index (χ4n) is 1.14. The lowest BCUT2D eigenvalue weighted by atomic mass is 10.3. The van der Waals surface area contributed by atoms with E-state index in [1.54, 1.807) is 6.07 Å². The molecule has 1 amide bonds. The largest absolute Gasteiger partial charge is 0.435 e. The summed E-state index contributed by atoms with van der Waals surface area (Å²) < 4.78 is 27.9. The van der Waals surface area contributed by atoms with Gasteiger partial charge in [0.25, 0.3) is 0 Å². The number of nitriles is 1. The van der Waals surface area contributed by atoms with Crippen LogP contribution in [0.2, 0.25) is 0 Å². The smallest absolute Gasteiger partial charge is 0.387 e. The third-order valence-corrected chi connectivity index (χ3v) is 1.90. The summed E-state index contributed by atoms with van der Waals surface area (Å²) in [7, 11) is 0. The number of carbonyl (C=O) groups excluding carboxylic acids is 1. The zero-order valence-corrected chi connectivity index (χ0v) is 9.32. The summed E-state index contributed by atoms with van der Waals surface area (Å²) in [6.45, 7) is -2.92. The highest BCUT2D eigenvalue weighted by Crippen LogP contribution is 2.17. The van der Waals surface area contributed by atoms with E-state index in [2.05, 4.69) is 15.4 Å². The third kappa shape index (κ3) is 5.12. The van der Waals surface area contributed by atoms with E-state index in [9.17, 15) is 13.6 Å². The molecular weight excluding hydrogens is 244 g/mol. The Morgan fingerprint density at radius 2 is 2.06 bits per heavy atom. The molecule has 0 bridgehead atoms. The van der Waals surface area contributed by atoms with E-state index in [4.69, 9.17) is 5.26 Å². The SMILES string of the molecule is N#CCNC(=O)CNc1ccc(OC(F)F)cc1. The Balaban J connectivity index is 2.39. The van der Waals surface area contributed by atoms with Gasteiger partial charge in [-0.3, -0.25) is 4.79 Å². The third-order valence-electron chi connectivity index (χ3n) is 1.90. The zero-order chi connectivity index (χ0) is 13.4. The second kappa shape index (κ2) is 7.06. The van der Waals surface area contributed by atoms with Crippen LogP contribution in [0.1, 0.15) is 0 Å². The van der Waals surface area contributed by atoms with Crippen LogP contribution in [0.5, 0.6) is 5.75 Å². The molecule has 2 N–H and O–H groups in total. The summed E-state index contributed by atoms with van der Waals surface area (Å²) in [5, 5.41) is 13.4. The van der Waals surface area contributed by atoms with Crippen molar-refractivity contribution in [2.75, 3.05) is 18.4 Å². The molecular formula is C11H11F2N3O2. The minimum atomic E-state index is -2.86. The summed E-state index contributed by atoms with van der Waals surface area (Å²) >= 11 is 0. The summed E-state index contributed by atoms with van der Waals surface area (Å²) in [6, 6.07) is 7.52. The van der Waals surface area contributed by atoms with Crippen molar-refractivity contribution in [3.8, 4) is 11.8 Å². The van der Waals surface area contributed by atoms with Gasteiger partial charge < -0.3 is 15.4 Å². The van der Waals surface area contributed by atoms with Crippen molar-refractivity contribution in [2.24, 2.45) is 0 Å². The summed E-state index contributed by atoms with van der Waals surface area (Å²) in [5.41, 5.74) is 0.587. The quantitative estimate of drug-likeness (QED) is 0.752. The first-order chi connectivity index (χ1) is 8.61. The van der Waals surface area contributed by atoms with Crippen LogP contribution in [0.4, 0.5) is 14.5 Å². The summed E-state index contributed by atoms with van der Waals surface area (Å²) in [5.74, 6) is -0.283. The molecule has 0 heterocycles. The maximum absolute atomic E-state index is 11.9. The van der Waals surface area contributed by atoms with Crippen LogP contribution >= 0.6 is 0 Å². The molecule has 1 rings (SSSR count). The van der Waals surface area contributed by atoms with Crippen molar-refractivity contribution in [3.05, 3.63) is 24.3 Å². The maximum atomic E-state index is 11.9. The topological polar surface area (TPSA) is 74.2 Å². The first kappa shape index (κ1) is 13.7. The molecule has 0 aliphatic heterocycles. The zero-order valence-electron chi connectivity index (χ0n) is 9.32. The number of nitrogens with zero attached hydrogens (tertiary/aromatic N) is 1. The van der Waals surface area contributed by atoms with Gasteiger partial charge in [-0.05, 0) is 24.3 Å². The van der Waals surface area contributed by atoms with Gasteiger partial charge in [-0.15, -0.1) is 0 Å². The van der Waals surface area contributed by atoms with E-state index in [1.165, 1.54) is 24.3 Å². The lowest BCUT2D eigenvalue weighted by molar-refractivity contribution is -0.119. The van der Waals surface area contributed by atoms with Crippen LogP contribution in [0, 0.1) is 11.3 Å². The first-order valence-corrected chi connectivity index (χ1v) is 5.04. The Kier molecular flexibility index (Phi) is 5.38. The minimum Gasteiger partial charge on any atom is -0.435 e. The number of benzene rings is 1. The fraction of sp³-hybridized carbons (Fsp3) is 0.273. The standard InChI is InChI=1S/C11H11F2N3O2/c12-11(13)18-9-3-1-8(2-4-9)16-7-10(17)15-6-5-14/h1-4,11,16H,6-7H2,(H,15,17). The van der Waals surface area contributed by atoms with Gasteiger partial charge in [-0.25, -0.2) is 0 Å². The number of rotatable bonds is 6. The van der Waals surface area contributed by atoms with Gasteiger partial charge >= 0.3 is 6.61 Å². The molecule has 18 heavy (non-hydrogen) atoms.